The van der Waals surface area contributed by atoms with E-state index in [0.717, 1.165) is 0 Å². The van der Waals surface area contributed by atoms with Gasteiger partial charge in [0.25, 0.3) is 11.8 Å². The minimum Gasteiger partial charge on any atom is -0.288 e. The summed E-state index contributed by atoms with van der Waals surface area (Å²) in [4.78, 5) is 23.0. The van der Waals surface area contributed by atoms with Gasteiger partial charge in [-0.1, -0.05) is 34.8 Å². The van der Waals surface area contributed by atoms with E-state index in [2.05, 4.69) is 5.32 Å². The maximum atomic E-state index is 11.6. The zero-order valence-electron chi connectivity index (χ0n) is 8.61. The highest BCUT2D eigenvalue weighted by Crippen LogP contribution is 2.37. The maximum Gasteiger partial charge on any atom is 0.259 e. The topological polar surface area (TPSA) is 46.2 Å². The Morgan fingerprint density at radius 2 is 1.53 bits per heavy atom. The van der Waals surface area contributed by atoms with Gasteiger partial charge in [0.05, 0.1) is 15.6 Å². The number of carbonyl (C=O) groups excluding carboxylic acids is 2. The Labute approximate surface area is 112 Å². The van der Waals surface area contributed by atoms with Crippen LogP contribution in [0.2, 0.25) is 15.1 Å². The predicted molar refractivity (Wildman–Crippen MR) is 67.2 cm³/mol. The molecular formula is C11H6Cl3NO2. The van der Waals surface area contributed by atoms with Gasteiger partial charge in [0.15, 0.2) is 0 Å². The van der Waals surface area contributed by atoms with Crippen LogP contribution in [0.3, 0.4) is 0 Å². The molecule has 17 heavy (non-hydrogen) atoms. The fourth-order valence-electron chi connectivity index (χ4n) is 1.63. The Morgan fingerprint density at radius 3 is 1.94 bits per heavy atom. The zero-order valence-corrected chi connectivity index (χ0v) is 10.9. The first-order valence-corrected chi connectivity index (χ1v) is 5.76. The third-order valence-electron chi connectivity index (χ3n) is 2.43. The Balaban J connectivity index is 2.71. The smallest absolute Gasteiger partial charge is 0.259 e. The molecule has 0 spiro atoms. The normalized spacial score (nSPS) is 15.5. The van der Waals surface area contributed by atoms with Gasteiger partial charge in [0, 0.05) is 16.2 Å². The number of benzene rings is 1. The second-order valence-electron chi connectivity index (χ2n) is 3.53. The molecule has 2 amide bonds. The predicted octanol–water partition coefficient (Wildman–Crippen LogP) is 3.08. The zero-order chi connectivity index (χ0) is 12.7. The van der Waals surface area contributed by atoms with Gasteiger partial charge < -0.3 is 0 Å². The molecule has 1 heterocycles. The van der Waals surface area contributed by atoms with Crippen molar-refractivity contribution >= 4 is 52.2 Å². The van der Waals surface area contributed by atoms with E-state index < -0.39 is 11.8 Å². The average molecular weight is 291 g/mol. The summed E-state index contributed by atoms with van der Waals surface area (Å²) in [5.41, 5.74) is 0.821. The van der Waals surface area contributed by atoms with E-state index in [9.17, 15) is 9.59 Å². The highest BCUT2D eigenvalue weighted by Gasteiger charge is 2.30. The molecular weight excluding hydrogens is 284 g/mol. The van der Waals surface area contributed by atoms with E-state index in [1.807, 2.05) is 0 Å². The molecule has 1 aliphatic heterocycles. The van der Waals surface area contributed by atoms with Crippen LogP contribution in [0.4, 0.5) is 0 Å². The number of amides is 2. The van der Waals surface area contributed by atoms with Crippen LogP contribution in [0.15, 0.2) is 17.7 Å². The second-order valence-corrected chi connectivity index (χ2v) is 4.78. The maximum absolute atomic E-state index is 11.6. The minimum atomic E-state index is -0.501. The largest absolute Gasteiger partial charge is 0.288 e. The van der Waals surface area contributed by atoms with Gasteiger partial charge in [-0.2, -0.15) is 0 Å². The van der Waals surface area contributed by atoms with Crippen molar-refractivity contribution in [2.24, 2.45) is 0 Å². The molecule has 1 N–H and O–H groups in total. The number of hydrogen-bond donors (Lipinski definition) is 1. The molecule has 88 valence electrons. The van der Waals surface area contributed by atoms with Crippen LogP contribution in [0.5, 0.6) is 0 Å². The SMILES string of the molecule is CC1=C(c2c(Cl)cc(Cl)cc2Cl)C(=O)NC1=O. The van der Waals surface area contributed by atoms with Crippen molar-refractivity contribution in [3.05, 3.63) is 38.3 Å². The van der Waals surface area contributed by atoms with E-state index in [0.29, 0.717) is 16.2 Å². The van der Waals surface area contributed by atoms with Crippen molar-refractivity contribution in [1.82, 2.24) is 5.32 Å². The fraction of sp³-hybridized carbons (Fsp3) is 0.0909. The van der Waals surface area contributed by atoms with E-state index in [-0.39, 0.29) is 15.6 Å². The minimum absolute atomic E-state index is 0.196. The van der Waals surface area contributed by atoms with Crippen LogP contribution in [-0.2, 0) is 9.59 Å². The summed E-state index contributed by atoms with van der Waals surface area (Å²) in [6.07, 6.45) is 0. The summed E-state index contributed by atoms with van der Waals surface area (Å²) in [6, 6.07) is 2.95. The van der Waals surface area contributed by atoms with Crippen molar-refractivity contribution in [2.45, 2.75) is 6.92 Å². The Kier molecular flexibility index (Phi) is 3.17. The lowest BCUT2D eigenvalue weighted by Gasteiger charge is -2.07. The van der Waals surface area contributed by atoms with Gasteiger partial charge in [0.1, 0.15) is 0 Å². The van der Waals surface area contributed by atoms with Gasteiger partial charge in [-0.3, -0.25) is 14.9 Å². The quantitative estimate of drug-likeness (QED) is 0.808. The second kappa shape index (κ2) is 4.33. The molecule has 0 atom stereocenters. The third kappa shape index (κ3) is 2.06. The lowest BCUT2D eigenvalue weighted by atomic mass is 10.0. The Bertz CT molecular complexity index is 555. The Hall–Kier alpha value is -1.03. The van der Waals surface area contributed by atoms with Crippen molar-refractivity contribution in [1.29, 1.82) is 0 Å². The molecule has 0 aromatic heterocycles. The number of hydrogen-bond acceptors (Lipinski definition) is 2. The molecule has 2 rings (SSSR count). The van der Waals surface area contributed by atoms with Crippen LogP contribution in [0.25, 0.3) is 5.57 Å². The molecule has 0 bridgehead atoms. The molecule has 0 fully saturated rings. The van der Waals surface area contributed by atoms with Crippen molar-refractivity contribution in [3.63, 3.8) is 0 Å². The fourth-order valence-corrected chi connectivity index (χ4v) is 2.63. The van der Waals surface area contributed by atoms with Crippen LogP contribution in [0, 0.1) is 0 Å². The summed E-state index contributed by atoms with van der Waals surface area (Å²) < 4.78 is 0. The van der Waals surface area contributed by atoms with Gasteiger partial charge >= 0.3 is 0 Å². The first kappa shape index (κ1) is 12.4. The van der Waals surface area contributed by atoms with Crippen LogP contribution < -0.4 is 5.32 Å². The van der Waals surface area contributed by atoms with E-state index in [1.165, 1.54) is 19.1 Å². The van der Waals surface area contributed by atoms with E-state index >= 15 is 0 Å². The summed E-state index contributed by atoms with van der Waals surface area (Å²) in [6.45, 7) is 1.54. The highest BCUT2D eigenvalue weighted by atomic mass is 35.5. The lowest BCUT2D eigenvalue weighted by Crippen LogP contribution is -2.22. The molecule has 0 saturated heterocycles. The average Bonchev–Trinajstić information content (AvgIpc) is 2.43. The van der Waals surface area contributed by atoms with Gasteiger partial charge in [0.2, 0.25) is 0 Å². The van der Waals surface area contributed by atoms with E-state index in [1.54, 1.807) is 0 Å². The molecule has 3 nitrogen and oxygen atoms in total. The first-order valence-electron chi connectivity index (χ1n) is 4.63. The van der Waals surface area contributed by atoms with Gasteiger partial charge in [-0.05, 0) is 19.1 Å². The molecule has 1 aromatic carbocycles. The monoisotopic (exact) mass is 289 g/mol. The summed E-state index contributed by atoms with van der Waals surface area (Å²) in [5, 5.41) is 3.02. The van der Waals surface area contributed by atoms with Crippen LogP contribution in [0.1, 0.15) is 12.5 Å². The molecule has 0 saturated carbocycles. The van der Waals surface area contributed by atoms with Crippen molar-refractivity contribution in [3.8, 4) is 0 Å². The molecule has 6 heteroatoms. The van der Waals surface area contributed by atoms with Crippen LogP contribution >= 0.6 is 34.8 Å². The first-order chi connectivity index (χ1) is 7.91. The molecule has 1 aromatic rings. The molecule has 0 aliphatic carbocycles. The molecule has 1 aliphatic rings. The molecule has 0 unspecified atom stereocenters. The highest BCUT2D eigenvalue weighted by molar-refractivity contribution is 6.45. The standard InChI is InChI=1S/C11H6Cl3NO2/c1-4-8(11(17)15-10(4)16)9-6(13)2-5(12)3-7(9)14/h2-3H,1H3,(H,15,16,17). The molecule has 0 radical (unpaired) electrons. The van der Waals surface area contributed by atoms with Crippen molar-refractivity contribution < 1.29 is 9.59 Å². The van der Waals surface area contributed by atoms with Gasteiger partial charge in [-0.15, -0.1) is 0 Å². The number of imide groups is 1. The van der Waals surface area contributed by atoms with E-state index in [4.69, 9.17) is 34.8 Å². The number of carbonyl (C=O) groups is 2. The lowest BCUT2D eigenvalue weighted by molar-refractivity contribution is -0.123. The Morgan fingerprint density at radius 1 is 1.00 bits per heavy atom. The number of nitrogens with one attached hydrogen (secondary N) is 1. The third-order valence-corrected chi connectivity index (χ3v) is 3.24. The number of halogens is 3. The summed E-state index contributed by atoms with van der Waals surface area (Å²) >= 11 is 17.8. The van der Waals surface area contributed by atoms with Crippen molar-refractivity contribution in [2.75, 3.05) is 0 Å². The summed E-state index contributed by atoms with van der Waals surface area (Å²) in [7, 11) is 0. The summed E-state index contributed by atoms with van der Waals surface area (Å²) in [5.74, 6) is -0.939. The van der Waals surface area contributed by atoms with Gasteiger partial charge in [-0.25, -0.2) is 0 Å². The number of rotatable bonds is 1. The van der Waals surface area contributed by atoms with Crippen LogP contribution in [-0.4, -0.2) is 11.8 Å².